The van der Waals surface area contributed by atoms with E-state index in [0.717, 1.165) is 5.56 Å². The normalized spacial score (nSPS) is 10.3. The molecule has 4 nitrogen and oxygen atoms in total. The summed E-state index contributed by atoms with van der Waals surface area (Å²) in [4.78, 5) is 7.95. The van der Waals surface area contributed by atoms with E-state index in [1.165, 1.54) is 0 Å². The van der Waals surface area contributed by atoms with Gasteiger partial charge in [0, 0.05) is 24.5 Å². The Kier molecular flexibility index (Phi) is 2.99. The second-order valence-corrected chi connectivity index (χ2v) is 2.74. The third kappa shape index (κ3) is 2.47. The highest BCUT2D eigenvalue weighted by atomic mass is 16.5. The summed E-state index contributed by atoms with van der Waals surface area (Å²) in [7, 11) is 0. The molecule has 0 saturated heterocycles. The Labute approximate surface area is 71.8 Å². The van der Waals surface area contributed by atoms with Gasteiger partial charge >= 0.3 is 6.01 Å². The molecule has 0 aliphatic heterocycles. The Morgan fingerprint density at radius 1 is 1.42 bits per heavy atom. The van der Waals surface area contributed by atoms with Crippen LogP contribution in [0.2, 0.25) is 0 Å². The molecule has 0 bridgehead atoms. The van der Waals surface area contributed by atoms with Crippen LogP contribution in [0.4, 0.5) is 0 Å². The zero-order valence-corrected chi connectivity index (χ0v) is 7.32. The summed E-state index contributed by atoms with van der Waals surface area (Å²) >= 11 is 0. The lowest BCUT2D eigenvalue weighted by atomic mass is 10.3. The van der Waals surface area contributed by atoms with Crippen molar-refractivity contribution in [1.82, 2.24) is 9.97 Å². The van der Waals surface area contributed by atoms with Gasteiger partial charge in [-0.1, -0.05) is 0 Å². The fraction of sp³-hybridized carbons (Fsp3) is 0.500. The average molecular weight is 167 g/mol. The lowest BCUT2D eigenvalue weighted by Crippen LogP contribution is -2.08. The lowest BCUT2D eigenvalue weighted by Gasteiger charge is -2.06. The number of ether oxygens (including phenoxy) is 1. The van der Waals surface area contributed by atoms with Crippen molar-refractivity contribution in [3.05, 3.63) is 18.0 Å². The van der Waals surface area contributed by atoms with Gasteiger partial charge in [-0.05, 0) is 13.8 Å². The molecule has 1 aromatic heterocycles. The smallest absolute Gasteiger partial charge is 0.316 e. The van der Waals surface area contributed by atoms with Crippen molar-refractivity contribution in [2.24, 2.45) is 5.73 Å². The van der Waals surface area contributed by atoms with E-state index in [0.29, 0.717) is 12.6 Å². The Bertz CT molecular complexity index is 233. The zero-order valence-electron chi connectivity index (χ0n) is 7.32. The summed E-state index contributed by atoms with van der Waals surface area (Å²) in [5.74, 6) is 0. The van der Waals surface area contributed by atoms with Crippen LogP contribution in [0.15, 0.2) is 12.4 Å². The first-order valence-corrected chi connectivity index (χ1v) is 3.90. The summed E-state index contributed by atoms with van der Waals surface area (Å²) in [6.07, 6.45) is 3.45. The van der Waals surface area contributed by atoms with Crippen LogP contribution >= 0.6 is 0 Å². The van der Waals surface area contributed by atoms with Crippen molar-refractivity contribution >= 4 is 0 Å². The molecule has 4 heteroatoms. The van der Waals surface area contributed by atoms with E-state index in [9.17, 15) is 0 Å². The number of hydrogen-bond donors (Lipinski definition) is 1. The minimum absolute atomic E-state index is 0.105. The van der Waals surface area contributed by atoms with Crippen LogP contribution in [-0.2, 0) is 6.54 Å². The topological polar surface area (TPSA) is 61.0 Å². The molecule has 1 rings (SSSR count). The molecule has 66 valence electrons. The molecular formula is C8H13N3O. The van der Waals surface area contributed by atoms with Gasteiger partial charge in [0.1, 0.15) is 0 Å². The zero-order chi connectivity index (χ0) is 8.97. The maximum Gasteiger partial charge on any atom is 0.316 e. The molecular weight excluding hydrogens is 154 g/mol. The minimum Gasteiger partial charge on any atom is -0.461 e. The summed E-state index contributed by atoms with van der Waals surface area (Å²) in [6.45, 7) is 4.32. The van der Waals surface area contributed by atoms with E-state index in [2.05, 4.69) is 9.97 Å². The van der Waals surface area contributed by atoms with Crippen LogP contribution in [-0.4, -0.2) is 16.1 Å². The van der Waals surface area contributed by atoms with E-state index >= 15 is 0 Å². The fourth-order valence-electron chi connectivity index (χ4n) is 0.720. The number of nitrogens with zero attached hydrogens (tertiary/aromatic N) is 2. The van der Waals surface area contributed by atoms with Crippen LogP contribution < -0.4 is 10.5 Å². The molecule has 0 fully saturated rings. The second-order valence-electron chi connectivity index (χ2n) is 2.74. The average Bonchev–Trinajstić information content (AvgIpc) is 2.05. The lowest BCUT2D eigenvalue weighted by molar-refractivity contribution is 0.222. The molecule has 12 heavy (non-hydrogen) atoms. The Balaban J connectivity index is 2.65. The molecule has 0 aliphatic rings. The van der Waals surface area contributed by atoms with Gasteiger partial charge in [0.05, 0.1) is 6.10 Å². The maximum absolute atomic E-state index is 5.38. The molecule has 0 amide bonds. The van der Waals surface area contributed by atoms with Gasteiger partial charge in [-0.15, -0.1) is 0 Å². The van der Waals surface area contributed by atoms with Crippen molar-refractivity contribution in [3.8, 4) is 6.01 Å². The molecule has 0 aliphatic carbocycles. The van der Waals surface area contributed by atoms with Crippen LogP contribution in [0.1, 0.15) is 19.4 Å². The molecule has 0 radical (unpaired) electrons. The minimum atomic E-state index is 0.105. The van der Waals surface area contributed by atoms with Gasteiger partial charge in [0.25, 0.3) is 0 Å². The van der Waals surface area contributed by atoms with Crippen molar-refractivity contribution in [2.75, 3.05) is 0 Å². The molecule has 0 atom stereocenters. The Hall–Kier alpha value is -1.16. The van der Waals surface area contributed by atoms with Crippen molar-refractivity contribution in [2.45, 2.75) is 26.5 Å². The number of rotatable bonds is 3. The van der Waals surface area contributed by atoms with Gasteiger partial charge in [-0.25, -0.2) is 9.97 Å². The molecule has 1 heterocycles. The van der Waals surface area contributed by atoms with Crippen LogP contribution in [0, 0.1) is 0 Å². The van der Waals surface area contributed by atoms with Gasteiger partial charge in [0.2, 0.25) is 0 Å². The van der Waals surface area contributed by atoms with Gasteiger partial charge in [-0.2, -0.15) is 0 Å². The molecule has 0 spiro atoms. The highest BCUT2D eigenvalue weighted by Gasteiger charge is 1.99. The Morgan fingerprint density at radius 3 is 2.42 bits per heavy atom. The van der Waals surface area contributed by atoms with Crippen LogP contribution in [0.5, 0.6) is 6.01 Å². The number of aromatic nitrogens is 2. The van der Waals surface area contributed by atoms with Crippen molar-refractivity contribution in [3.63, 3.8) is 0 Å². The van der Waals surface area contributed by atoms with E-state index in [1.54, 1.807) is 12.4 Å². The molecule has 0 aromatic carbocycles. The first-order valence-electron chi connectivity index (χ1n) is 3.90. The summed E-state index contributed by atoms with van der Waals surface area (Å²) in [5.41, 5.74) is 6.29. The summed E-state index contributed by atoms with van der Waals surface area (Å²) < 4.78 is 5.25. The number of hydrogen-bond acceptors (Lipinski definition) is 4. The highest BCUT2D eigenvalue weighted by Crippen LogP contribution is 2.03. The van der Waals surface area contributed by atoms with Crippen LogP contribution in [0.3, 0.4) is 0 Å². The largest absolute Gasteiger partial charge is 0.461 e. The van der Waals surface area contributed by atoms with E-state index in [4.69, 9.17) is 10.5 Å². The van der Waals surface area contributed by atoms with Gasteiger partial charge < -0.3 is 10.5 Å². The molecule has 0 saturated carbocycles. The predicted octanol–water partition coefficient (Wildman–Crippen LogP) is 0.723. The Morgan fingerprint density at radius 2 is 2.00 bits per heavy atom. The monoisotopic (exact) mass is 167 g/mol. The first-order chi connectivity index (χ1) is 5.72. The SMILES string of the molecule is CC(C)Oc1ncc(CN)cn1. The number of nitrogens with two attached hydrogens (primary N) is 1. The molecule has 2 N–H and O–H groups in total. The standard InChI is InChI=1S/C8H13N3O/c1-6(2)12-8-10-4-7(3-9)5-11-8/h4-6H,3,9H2,1-2H3. The first kappa shape index (κ1) is 8.93. The fourth-order valence-corrected chi connectivity index (χ4v) is 0.720. The van der Waals surface area contributed by atoms with Crippen molar-refractivity contribution in [1.29, 1.82) is 0 Å². The van der Waals surface area contributed by atoms with Gasteiger partial charge in [-0.3, -0.25) is 0 Å². The molecule has 1 aromatic rings. The maximum atomic E-state index is 5.38. The summed E-state index contributed by atoms with van der Waals surface area (Å²) in [6, 6.07) is 0.405. The summed E-state index contributed by atoms with van der Waals surface area (Å²) in [5, 5.41) is 0. The highest BCUT2D eigenvalue weighted by molar-refractivity contribution is 5.06. The quantitative estimate of drug-likeness (QED) is 0.720. The third-order valence-electron chi connectivity index (χ3n) is 1.26. The predicted molar refractivity (Wildman–Crippen MR) is 45.7 cm³/mol. The van der Waals surface area contributed by atoms with Gasteiger partial charge in [0.15, 0.2) is 0 Å². The van der Waals surface area contributed by atoms with Crippen molar-refractivity contribution < 1.29 is 4.74 Å². The molecule has 0 unspecified atom stereocenters. The van der Waals surface area contributed by atoms with Crippen LogP contribution in [0.25, 0.3) is 0 Å². The van der Waals surface area contributed by atoms with E-state index in [-0.39, 0.29) is 6.10 Å². The van der Waals surface area contributed by atoms with E-state index in [1.807, 2.05) is 13.8 Å². The second kappa shape index (κ2) is 4.01. The third-order valence-corrected chi connectivity index (χ3v) is 1.26. The van der Waals surface area contributed by atoms with E-state index < -0.39 is 0 Å².